The van der Waals surface area contributed by atoms with Gasteiger partial charge in [0.05, 0.1) is 46.7 Å². The Labute approximate surface area is 277 Å². The average molecular weight is 644 g/mol. The van der Waals surface area contributed by atoms with Crippen molar-refractivity contribution in [1.29, 1.82) is 0 Å². The molecule has 1 aromatic heterocycles. The van der Waals surface area contributed by atoms with E-state index in [2.05, 4.69) is 17.2 Å². The highest BCUT2D eigenvalue weighted by molar-refractivity contribution is 6.33. The summed E-state index contributed by atoms with van der Waals surface area (Å²) in [5.41, 5.74) is 1.83. The van der Waals surface area contributed by atoms with Crippen molar-refractivity contribution in [2.75, 3.05) is 11.9 Å². The minimum Gasteiger partial charge on any atom is -0.462 e. The number of hydrogen-bond acceptors (Lipinski definition) is 5. The summed E-state index contributed by atoms with van der Waals surface area (Å²) in [5.74, 6) is -0.532. The lowest BCUT2D eigenvalue weighted by molar-refractivity contribution is -0.115. The molecule has 0 aliphatic carbocycles. The van der Waals surface area contributed by atoms with Crippen LogP contribution in [0, 0.1) is 0 Å². The van der Waals surface area contributed by atoms with Crippen LogP contribution in [0.15, 0.2) is 77.6 Å². The maximum absolute atomic E-state index is 13.4. The first kappa shape index (κ1) is 34.9. The average Bonchev–Trinajstić information content (AvgIpc) is 3.06. The van der Waals surface area contributed by atoms with Crippen molar-refractivity contribution in [2.45, 2.75) is 96.9 Å². The summed E-state index contributed by atoms with van der Waals surface area (Å²) in [4.78, 5) is 44.1. The van der Waals surface area contributed by atoms with Crippen molar-refractivity contribution in [2.24, 2.45) is 0 Å². The number of para-hydroxylation sites is 1. The highest BCUT2D eigenvalue weighted by atomic mass is 35.5. The van der Waals surface area contributed by atoms with Crippen molar-refractivity contribution >= 4 is 40.1 Å². The lowest BCUT2D eigenvalue weighted by atomic mass is 10.1. The molecular formula is C38H46ClN3O4. The number of carbonyl (C=O) groups is 2. The maximum Gasteiger partial charge on any atom is 0.338 e. The monoisotopic (exact) mass is 643 g/mol. The number of rotatable bonds is 19. The maximum atomic E-state index is 13.4. The number of amides is 1. The highest BCUT2D eigenvalue weighted by Gasteiger charge is 2.17. The molecule has 7 nitrogen and oxygen atoms in total. The number of carbonyl (C=O) groups excluding carboxylic acids is 2. The van der Waals surface area contributed by atoms with Crippen LogP contribution in [0.3, 0.4) is 0 Å². The van der Waals surface area contributed by atoms with E-state index in [1.54, 1.807) is 30.3 Å². The number of benzene rings is 3. The minimum atomic E-state index is -0.455. The number of hydrogen-bond donors (Lipinski definition) is 1. The van der Waals surface area contributed by atoms with Crippen LogP contribution in [0.1, 0.15) is 106 Å². The van der Waals surface area contributed by atoms with Gasteiger partial charge >= 0.3 is 5.97 Å². The van der Waals surface area contributed by atoms with E-state index >= 15 is 0 Å². The predicted molar refractivity (Wildman–Crippen MR) is 187 cm³/mol. The van der Waals surface area contributed by atoms with Gasteiger partial charge in [-0.25, -0.2) is 9.78 Å². The van der Waals surface area contributed by atoms with Gasteiger partial charge in [-0.15, -0.1) is 0 Å². The smallest absolute Gasteiger partial charge is 0.338 e. The Kier molecular flexibility index (Phi) is 14.3. The first-order chi connectivity index (χ1) is 22.5. The normalized spacial score (nSPS) is 11.1. The molecule has 46 heavy (non-hydrogen) atoms. The van der Waals surface area contributed by atoms with E-state index in [4.69, 9.17) is 16.3 Å². The van der Waals surface area contributed by atoms with Crippen molar-refractivity contribution in [1.82, 2.24) is 9.55 Å². The fourth-order valence-electron chi connectivity index (χ4n) is 5.56. The molecule has 3 aromatic carbocycles. The summed E-state index contributed by atoms with van der Waals surface area (Å²) < 4.78 is 7.03. The van der Waals surface area contributed by atoms with Crippen molar-refractivity contribution in [3.8, 4) is 0 Å². The Hall–Kier alpha value is -3.97. The SMILES string of the molecule is CCCCCCCCCCCCCCOC(=O)c1ccc(Cl)c(NC(=O)Cc2nc3ccccc3c(=O)n2Cc2ccccc2)c1. The number of esters is 1. The fourth-order valence-corrected chi connectivity index (χ4v) is 5.72. The van der Waals surface area contributed by atoms with Gasteiger partial charge in [0, 0.05) is 0 Å². The molecule has 0 saturated carbocycles. The second kappa shape index (κ2) is 18.9. The molecule has 0 unspecified atom stereocenters. The Bertz CT molecular complexity index is 1620. The van der Waals surface area contributed by atoms with Crippen LogP contribution in [-0.4, -0.2) is 28.0 Å². The van der Waals surface area contributed by atoms with E-state index in [1.165, 1.54) is 68.4 Å². The predicted octanol–water partition coefficient (Wildman–Crippen LogP) is 9.14. The van der Waals surface area contributed by atoms with Crippen LogP contribution in [-0.2, 0) is 22.5 Å². The topological polar surface area (TPSA) is 90.3 Å². The molecule has 0 radical (unpaired) electrons. The Morgan fingerprint density at radius 1 is 0.804 bits per heavy atom. The molecule has 0 aliphatic rings. The van der Waals surface area contributed by atoms with Crippen LogP contribution < -0.4 is 10.9 Å². The van der Waals surface area contributed by atoms with Gasteiger partial charge in [0.1, 0.15) is 5.82 Å². The zero-order valence-electron chi connectivity index (χ0n) is 26.9. The second-order valence-electron chi connectivity index (χ2n) is 11.9. The molecule has 0 atom stereocenters. The number of halogens is 1. The molecule has 0 bridgehead atoms. The molecule has 0 aliphatic heterocycles. The van der Waals surface area contributed by atoms with Gasteiger partial charge in [-0.2, -0.15) is 0 Å². The molecular weight excluding hydrogens is 598 g/mol. The van der Waals surface area contributed by atoms with Gasteiger partial charge in [0.15, 0.2) is 0 Å². The lowest BCUT2D eigenvalue weighted by Crippen LogP contribution is -2.29. The molecule has 1 N–H and O–H groups in total. The number of nitrogens with zero attached hydrogens (tertiary/aromatic N) is 2. The summed E-state index contributed by atoms with van der Waals surface area (Å²) in [6.07, 6.45) is 14.7. The summed E-state index contributed by atoms with van der Waals surface area (Å²) in [7, 11) is 0. The number of aromatic nitrogens is 2. The van der Waals surface area contributed by atoms with Crippen LogP contribution in [0.4, 0.5) is 5.69 Å². The standard InChI is InChI=1S/C38H46ClN3O4/c1-2-3-4-5-6-7-8-9-10-11-12-18-25-46-38(45)30-23-24-32(39)34(26-30)41-36(43)27-35-40-33-22-17-16-21-31(33)37(44)42(35)28-29-19-14-13-15-20-29/h13-17,19-24,26H,2-12,18,25,27-28H2,1H3,(H,41,43). The summed E-state index contributed by atoms with van der Waals surface area (Å²) in [6.45, 7) is 2.88. The first-order valence-electron chi connectivity index (χ1n) is 16.7. The Balaban J connectivity index is 1.28. The van der Waals surface area contributed by atoms with Gasteiger partial charge in [0.25, 0.3) is 5.56 Å². The van der Waals surface area contributed by atoms with E-state index in [0.29, 0.717) is 39.6 Å². The molecule has 1 heterocycles. The number of unbranched alkanes of at least 4 members (excludes halogenated alkanes) is 11. The van der Waals surface area contributed by atoms with Crippen LogP contribution in [0.5, 0.6) is 0 Å². The largest absolute Gasteiger partial charge is 0.462 e. The number of nitrogens with one attached hydrogen (secondary N) is 1. The van der Waals surface area contributed by atoms with Crippen LogP contribution >= 0.6 is 11.6 Å². The molecule has 0 spiro atoms. The third-order valence-corrected chi connectivity index (χ3v) is 8.48. The Morgan fingerprint density at radius 3 is 2.13 bits per heavy atom. The fraction of sp³-hybridized carbons (Fsp3) is 0.421. The second-order valence-corrected chi connectivity index (χ2v) is 12.3. The molecule has 244 valence electrons. The number of ether oxygens (including phenoxy) is 1. The van der Waals surface area contributed by atoms with E-state index in [0.717, 1.165) is 24.8 Å². The summed E-state index contributed by atoms with van der Waals surface area (Å²) >= 11 is 6.39. The lowest BCUT2D eigenvalue weighted by Gasteiger charge is -2.14. The van der Waals surface area contributed by atoms with Gasteiger partial charge in [-0.05, 0) is 42.3 Å². The minimum absolute atomic E-state index is 0.156. The van der Waals surface area contributed by atoms with Gasteiger partial charge < -0.3 is 10.1 Å². The van der Waals surface area contributed by atoms with E-state index < -0.39 is 11.9 Å². The van der Waals surface area contributed by atoms with Crippen molar-refractivity contribution < 1.29 is 14.3 Å². The number of fused-ring (bicyclic) bond motifs is 1. The van der Waals surface area contributed by atoms with Gasteiger partial charge in [0.2, 0.25) is 5.91 Å². The summed E-state index contributed by atoms with van der Waals surface area (Å²) in [6, 6.07) is 21.3. The van der Waals surface area contributed by atoms with Crippen molar-refractivity contribution in [3.63, 3.8) is 0 Å². The first-order valence-corrected chi connectivity index (χ1v) is 17.1. The molecule has 4 rings (SSSR count). The van der Waals surface area contributed by atoms with E-state index in [1.807, 2.05) is 36.4 Å². The van der Waals surface area contributed by atoms with Crippen LogP contribution in [0.25, 0.3) is 10.9 Å². The third-order valence-electron chi connectivity index (χ3n) is 8.15. The zero-order valence-corrected chi connectivity index (χ0v) is 27.7. The zero-order chi connectivity index (χ0) is 32.6. The molecule has 8 heteroatoms. The van der Waals surface area contributed by atoms with Gasteiger partial charge in [-0.3, -0.25) is 14.2 Å². The third kappa shape index (κ3) is 10.8. The summed E-state index contributed by atoms with van der Waals surface area (Å²) in [5, 5.41) is 3.57. The number of anilines is 1. The van der Waals surface area contributed by atoms with Crippen molar-refractivity contribution in [3.05, 3.63) is 105 Å². The van der Waals surface area contributed by atoms with Gasteiger partial charge in [-0.1, -0.05) is 132 Å². The molecule has 0 saturated heterocycles. The van der Waals surface area contributed by atoms with Crippen LogP contribution in [0.2, 0.25) is 5.02 Å². The Morgan fingerprint density at radius 2 is 1.43 bits per heavy atom. The molecule has 1 amide bonds. The van der Waals surface area contributed by atoms with E-state index in [-0.39, 0.29) is 18.5 Å². The van der Waals surface area contributed by atoms with E-state index in [9.17, 15) is 14.4 Å². The molecule has 0 fully saturated rings. The quantitative estimate of drug-likeness (QED) is 0.0813. The highest BCUT2D eigenvalue weighted by Crippen LogP contribution is 2.24. The molecule has 4 aromatic rings.